The number of rotatable bonds is 4. The third kappa shape index (κ3) is 3.80. The molecule has 0 aliphatic heterocycles. The summed E-state index contributed by atoms with van der Waals surface area (Å²) < 4.78 is 22.2. The van der Waals surface area contributed by atoms with E-state index in [-0.39, 0.29) is 10.2 Å². The summed E-state index contributed by atoms with van der Waals surface area (Å²) in [4.78, 5) is 7.73. The van der Waals surface area contributed by atoms with Crippen molar-refractivity contribution >= 4 is 39.0 Å². The van der Waals surface area contributed by atoms with Gasteiger partial charge < -0.3 is 5.32 Å². The van der Waals surface area contributed by atoms with Crippen molar-refractivity contribution in [2.24, 2.45) is 5.14 Å². The standard InChI is InChI=1S/C11H10Cl2N4O2S/c12-9-6-16-11(13)17-10(9)15-5-7-1-3-8(4-2-7)20(14,18)19/h1-4,6H,5H2,(H2,14,18,19)(H,15,16,17). The molecule has 3 N–H and O–H groups in total. The average molecular weight is 333 g/mol. The Morgan fingerprint density at radius 3 is 2.45 bits per heavy atom. The Hall–Kier alpha value is -1.41. The molecule has 1 heterocycles. The van der Waals surface area contributed by atoms with Crippen molar-refractivity contribution < 1.29 is 8.42 Å². The molecule has 2 aromatic rings. The van der Waals surface area contributed by atoms with E-state index < -0.39 is 10.0 Å². The van der Waals surface area contributed by atoms with Crippen molar-refractivity contribution in [3.05, 3.63) is 46.3 Å². The van der Waals surface area contributed by atoms with Crippen LogP contribution < -0.4 is 10.5 Å². The van der Waals surface area contributed by atoms with Gasteiger partial charge in [0.1, 0.15) is 10.8 Å². The molecule has 0 fully saturated rings. The number of nitrogens with two attached hydrogens (primary N) is 1. The second kappa shape index (κ2) is 5.92. The zero-order valence-corrected chi connectivity index (χ0v) is 12.4. The van der Waals surface area contributed by atoms with E-state index >= 15 is 0 Å². The van der Waals surface area contributed by atoms with E-state index in [2.05, 4.69) is 15.3 Å². The van der Waals surface area contributed by atoms with Crippen LogP contribution in [-0.2, 0) is 16.6 Å². The Morgan fingerprint density at radius 1 is 1.20 bits per heavy atom. The first-order chi connectivity index (χ1) is 9.36. The molecule has 0 unspecified atom stereocenters. The lowest BCUT2D eigenvalue weighted by atomic mass is 10.2. The van der Waals surface area contributed by atoms with Gasteiger partial charge in [-0.3, -0.25) is 0 Å². The fraction of sp³-hybridized carbons (Fsp3) is 0.0909. The highest BCUT2D eigenvalue weighted by Gasteiger charge is 2.07. The van der Waals surface area contributed by atoms with Crippen LogP contribution >= 0.6 is 23.2 Å². The van der Waals surface area contributed by atoms with Crippen molar-refractivity contribution in [2.45, 2.75) is 11.4 Å². The Labute approximate surface area is 126 Å². The highest BCUT2D eigenvalue weighted by Crippen LogP contribution is 2.20. The summed E-state index contributed by atoms with van der Waals surface area (Å²) in [6, 6.07) is 6.15. The van der Waals surface area contributed by atoms with Crippen LogP contribution in [0.2, 0.25) is 10.3 Å². The van der Waals surface area contributed by atoms with Gasteiger partial charge in [0.2, 0.25) is 15.3 Å². The Kier molecular flexibility index (Phi) is 4.44. The maximum absolute atomic E-state index is 11.1. The average Bonchev–Trinajstić information content (AvgIpc) is 2.39. The lowest BCUT2D eigenvalue weighted by Crippen LogP contribution is -2.12. The number of aromatic nitrogens is 2. The first-order valence-corrected chi connectivity index (χ1v) is 7.70. The normalized spacial score (nSPS) is 11.3. The maximum Gasteiger partial charge on any atom is 0.238 e. The first-order valence-electron chi connectivity index (χ1n) is 5.40. The zero-order valence-electron chi connectivity index (χ0n) is 10.0. The molecule has 0 amide bonds. The van der Waals surface area contributed by atoms with Crippen molar-refractivity contribution in [3.63, 3.8) is 0 Å². The van der Waals surface area contributed by atoms with Crippen LogP contribution in [0.25, 0.3) is 0 Å². The van der Waals surface area contributed by atoms with Crippen molar-refractivity contribution in [3.8, 4) is 0 Å². The third-order valence-corrected chi connectivity index (χ3v) is 3.81. The maximum atomic E-state index is 11.1. The first kappa shape index (κ1) is 15.0. The number of nitrogens with zero attached hydrogens (tertiary/aromatic N) is 2. The third-order valence-electron chi connectivity index (χ3n) is 2.43. The Balaban J connectivity index is 2.10. The minimum atomic E-state index is -3.68. The predicted molar refractivity (Wildman–Crippen MR) is 77.2 cm³/mol. The van der Waals surface area contributed by atoms with Crippen molar-refractivity contribution in [1.29, 1.82) is 0 Å². The van der Waals surface area contributed by atoms with Gasteiger partial charge in [-0.25, -0.2) is 18.5 Å². The number of sulfonamides is 1. The van der Waals surface area contributed by atoms with Gasteiger partial charge in [-0.2, -0.15) is 4.98 Å². The quantitative estimate of drug-likeness (QED) is 0.835. The molecule has 0 radical (unpaired) electrons. The van der Waals surface area contributed by atoms with Crippen molar-refractivity contribution in [1.82, 2.24) is 9.97 Å². The molecule has 0 atom stereocenters. The van der Waals surface area contributed by atoms with Gasteiger partial charge in [0, 0.05) is 6.54 Å². The van der Waals surface area contributed by atoms with Gasteiger partial charge in [0.15, 0.2) is 0 Å². The summed E-state index contributed by atoms with van der Waals surface area (Å²) in [7, 11) is -3.68. The van der Waals surface area contributed by atoms with Gasteiger partial charge >= 0.3 is 0 Å². The summed E-state index contributed by atoms with van der Waals surface area (Å²) >= 11 is 11.6. The molecule has 2 rings (SSSR count). The van der Waals surface area contributed by atoms with E-state index in [0.29, 0.717) is 17.4 Å². The molecule has 20 heavy (non-hydrogen) atoms. The summed E-state index contributed by atoms with van der Waals surface area (Å²) in [6.45, 7) is 0.401. The molecule has 6 nitrogen and oxygen atoms in total. The van der Waals surface area contributed by atoms with Crippen molar-refractivity contribution in [2.75, 3.05) is 5.32 Å². The van der Waals surface area contributed by atoms with Crippen LogP contribution in [0.15, 0.2) is 35.4 Å². The molecule has 0 aliphatic carbocycles. The van der Waals surface area contributed by atoms with Crippen LogP contribution in [0.3, 0.4) is 0 Å². The van der Waals surface area contributed by atoms with Gasteiger partial charge in [0.05, 0.1) is 11.1 Å². The molecule has 0 aliphatic rings. The topological polar surface area (TPSA) is 98.0 Å². The molecule has 9 heteroatoms. The van der Waals surface area contributed by atoms with Gasteiger partial charge in [-0.05, 0) is 29.3 Å². The van der Waals surface area contributed by atoms with Crippen LogP contribution in [0, 0.1) is 0 Å². The number of primary sulfonamides is 1. The van der Waals surface area contributed by atoms with E-state index in [1.807, 2.05) is 0 Å². The fourth-order valence-corrected chi connectivity index (χ4v) is 2.26. The molecule has 0 bridgehead atoms. The monoisotopic (exact) mass is 332 g/mol. The number of nitrogens with one attached hydrogen (secondary N) is 1. The van der Waals surface area contributed by atoms with E-state index in [4.69, 9.17) is 28.3 Å². The molecular weight excluding hydrogens is 323 g/mol. The largest absolute Gasteiger partial charge is 0.365 e. The Morgan fingerprint density at radius 2 is 1.85 bits per heavy atom. The molecule has 0 saturated carbocycles. The highest BCUT2D eigenvalue weighted by atomic mass is 35.5. The number of halogens is 2. The molecule has 1 aromatic heterocycles. The van der Waals surface area contributed by atoms with E-state index in [1.165, 1.54) is 18.3 Å². The summed E-state index contributed by atoms with van der Waals surface area (Å²) in [5.74, 6) is 0.405. The lowest BCUT2D eigenvalue weighted by molar-refractivity contribution is 0.598. The minimum Gasteiger partial charge on any atom is -0.365 e. The molecule has 0 saturated heterocycles. The van der Waals surface area contributed by atoms with E-state index in [1.54, 1.807) is 12.1 Å². The summed E-state index contributed by atoms with van der Waals surface area (Å²) in [5, 5.41) is 8.42. The molecule has 1 aromatic carbocycles. The highest BCUT2D eigenvalue weighted by molar-refractivity contribution is 7.89. The number of benzene rings is 1. The van der Waals surface area contributed by atoms with Crippen LogP contribution in [0.1, 0.15) is 5.56 Å². The molecule has 106 valence electrons. The zero-order chi connectivity index (χ0) is 14.8. The van der Waals surface area contributed by atoms with Crippen LogP contribution in [0.5, 0.6) is 0 Å². The second-order valence-electron chi connectivity index (χ2n) is 3.88. The number of anilines is 1. The second-order valence-corrected chi connectivity index (χ2v) is 6.18. The van der Waals surface area contributed by atoms with Gasteiger partial charge in [-0.1, -0.05) is 23.7 Å². The van der Waals surface area contributed by atoms with Gasteiger partial charge in [-0.15, -0.1) is 0 Å². The number of hydrogen-bond acceptors (Lipinski definition) is 5. The predicted octanol–water partition coefficient (Wildman–Crippen LogP) is 2.04. The minimum absolute atomic E-state index is 0.0596. The smallest absolute Gasteiger partial charge is 0.238 e. The van der Waals surface area contributed by atoms with Crippen LogP contribution in [-0.4, -0.2) is 18.4 Å². The fourth-order valence-electron chi connectivity index (χ4n) is 1.45. The van der Waals surface area contributed by atoms with Gasteiger partial charge in [0.25, 0.3) is 0 Å². The summed E-state index contributed by atoms with van der Waals surface area (Å²) in [6.07, 6.45) is 1.39. The SMILES string of the molecule is NS(=O)(=O)c1ccc(CNc2nc(Cl)ncc2Cl)cc1. The molecule has 0 spiro atoms. The van der Waals surface area contributed by atoms with Crippen LogP contribution in [0.4, 0.5) is 5.82 Å². The number of hydrogen-bond donors (Lipinski definition) is 2. The Bertz CT molecular complexity index is 720. The van der Waals surface area contributed by atoms with E-state index in [9.17, 15) is 8.42 Å². The lowest BCUT2D eigenvalue weighted by Gasteiger charge is -2.07. The van der Waals surface area contributed by atoms with E-state index in [0.717, 1.165) is 5.56 Å². The molecular formula is C11H10Cl2N4O2S. The summed E-state index contributed by atoms with van der Waals surface area (Å²) in [5.41, 5.74) is 0.836.